The van der Waals surface area contributed by atoms with Gasteiger partial charge in [-0.25, -0.2) is 4.99 Å². The van der Waals surface area contributed by atoms with Gasteiger partial charge in [0.15, 0.2) is 5.96 Å². The predicted octanol–water partition coefficient (Wildman–Crippen LogP) is 14.1. The number of guanidine groups is 1. The van der Waals surface area contributed by atoms with Crippen LogP contribution in [0, 0.1) is 46.8 Å². The molecule has 9 aliphatic rings. The molecule has 0 unspecified atom stereocenters. The maximum absolute atomic E-state index is 14.6. The molecule has 13 heteroatoms. The van der Waals surface area contributed by atoms with E-state index in [0.717, 1.165) is 106 Å². The molecule has 478 valence electrons. The Bertz CT molecular complexity index is 4090. The van der Waals surface area contributed by atoms with Gasteiger partial charge in [0.05, 0.1) is 23.1 Å². The van der Waals surface area contributed by atoms with Gasteiger partial charge in [-0.1, -0.05) is 171 Å². The first-order valence-electron chi connectivity index (χ1n) is 33.7. The van der Waals surface area contributed by atoms with E-state index in [1.165, 1.54) is 0 Å². The molecule has 9 N–H and O–H groups in total. The van der Waals surface area contributed by atoms with Crippen molar-refractivity contribution in [1.82, 2.24) is 0 Å². The zero-order valence-corrected chi connectivity index (χ0v) is 53.4. The highest BCUT2D eigenvalue weighted by molar-refractivity contribution is 7.86. The number of ether oxygens (including phenoxy) is 2. The number of aliphatic hydroxyl groups excluding tert-OH is 2. The number of fused-ring (bicyclic) bond motifs is 10. The molecule has 10 bridgehead atoms. The van der Waals surface area contributed by atoms with Crippen LogP contribution in [0.15, 0.2) is 174 Å². The van der Waals surface area contributed by atoms with E-state index in [9.17, 15) is 33.4 Å². The summed E-state index contributed by atoms with van der Waals surface area (Å²) in [5, 5.41) is 48.8. The molecule has 0 amide bonds. The average Bonchev–Trinajstić information content (AvgIpc) is 1.63. The maximum atomic E-state index is 14.6. The number of aryl methyl sites for hydroxylation is 1. The standard InChI is InChI=1S/C79H87N3O9S/c1-49-19-20-58-39-65-30-32-68(58)70(49)43-73(92(87,88)89)71-41-60-37-59(40-66-36-51(47-83)13-9-16-56-38-64(84)29-31-69(56)75(60)90-66)74(71)55-25-27-62(28-26-55)79(91-65,82-76(80)81)46-63(35-50-11-3-2-4-12-50)78(86)45-61(44-77(48-78)33-7-8-34-77)52-21-23-54(24-22-52)72(85)42-57-17-10-15-53-14-5-6-18-67(53)57/h2-6,10-12,14-15,17-18,21-32,38-39,41,49,51,59,61,63,66,70-75,83-86H,7-8,13,19-20,33-37,40,42-48H2,1H3,(H4,80,81,82)(H,87,88,89)/t49-,51+,59-,61+,63+,66-,70+,71-,72+,73-,74+,75-,78-,79+/m1/s1. The minimum atomic E-state index is -4.72. The first kappa shape index (κ1) is 62.2. The summed E-state index contributed by atoms with van der Waals surface area (Å²) in [5.74, 6) is 4.93. The van der Waals surface area contributed by atoms with Gasteiger partial charge in [0.25, 0.3) is 10.1 Å². The van der Waals surface area contributed by atoms with Crippen LogP contribution in [0.4, 0.5) is 0 Å². The number of hydrogen-bond acceptors (Lipinski definition) is 9. The highest BCUT2D eigenvalue weighted by atomic mass is 32.2. The molecule has 7 aromatic rings. The number of nitrogens with two attached hydrogens (primary N) is 2. The lowest BCUT2D eigenvalue weighted by molar-refractivity contribution is -0.116. The lowest BCUT2D eigenvalue weighted by Crippen LogP contribution is -2.52. The molecule has 1 spiro atoms. The van der Waals surface area contributed by atoms with E-state index in [2.05, 4.69) is 116 Å². The first-order chi connectivity index (χ1) is 44.4. The topological polar surface area (TPSA) is 218 Å². The number of phenolic OH excluding ortho intramolecular Hbond substituents is 1. The summed E-state index contributed by atoms with van der Waals surface area (Å²) in [6.45, 7) is 2.10. The van der Waals surface area contributed by atoms with Crippen LogP contribution >= 0.6 is 0 Å². The number of hydrogen-bond donors (Lipinski definition) is 7. The summed E-state index contributed by atoms with van der Waals surface area (Å²) in [4.78, 5) is 5.27. The Balaban J connectivity index is 0.889. The number of phenols is 1. The minimum Gasteiger partial charge on any atom is -0.508 e. The number of allylic oxidation sites excluding steroid dienone is 1. The molecule has 14 atom stereocenters. The molecular weight excluding hydrogens is 1170 g/mol. The van der Waals surface area contributed by atoms with Crippen LogP contribution in [0.2, 0.25) is 0 Å². The van der Waals surface area contributed by atoms with Crippen molar-refractivity contribution in [1.29, 1.82) is 0 Å². The van der Waals surface area contributed by atoms with Crippen molar-refractivity contribution in [3.63, 3.8) is 0 Å². The van der Waals surface area contributed by atoms with Crippen molar-refractivity contribution in [2.75, 3.05) is 6.61 Å². The molecule has 3 fully saturated rings. The summed E-state index contributed by atoms with van der Waals surface area (Å²) in [7, 11) is -4.72. The lowest BCUT2D eigenvalue weighted by atomic mass is 9.57. The monoisotopic (exact) mass is 1250 g/mol. The van der Waals surface area contributed by atoms with Gasteiger partial charge in [0, 0.05) is 48.5 Å². The molecule has 12 nitrogen and oxygen atoms in total. The van der Waals surface area contributed by atoms with E-state index in [1.54, 1.807) is 12.1 Å². The third kappa shape index (κ3) is 12.4. The number of nitrogens with zero attached hydrogens (tertiary/aromatic N) is 1. The fourth-order valence-electron chi connectivity index (χ4n) is 18.5. The normalized spacial score (nSPS) is 29.6. The van der Waals surface area contributed by atoms with Crippen LogP contribution in [0.3, 0.4) is 0 Å². The first-order valence-corrected chi connectivity index (χ1v) is 35.2. The molecule has 5 heterocycles. The largest absolute Gasteiger partial charge is 0.508 e. The van der Waals surface area contributed by atoms with Crippen molar-refractivity contribution in [2.24, 2.45) is 51.5 Å². The summed E-state index contributed by atoms with van der Waals surface area (Å²) in [6, 6.07) is 52.9. The molecule has 2 saturated carbocycles. The fourth-order valence-corrected chi connectivity index (χ4v) is 19.6. The van der Waals surface area contributed by atoms with Gasteiger partial charge in [-0.05, 0) is 203 Å². The number of aromatic hydroxyl groups is 1. The molecular formula is C79H87N3O9S. The van der Waals surface area contributed by atoms with Crippen LogP contribution in [-0.4, -0.2) is 62.9 Å². The van der Waals surface area contributed by atoms with Gasteiger partial charge in [-0.3, -0.25) is 4.55 Å². The number of aliphatic hydroxyl groups is 3. The van der Waals surface area contributed by atoms with E-state index in [1.807, 2.05) is 54.6 Å². The number of rotatable bonds is 12. The SMILES string of the molecule is C[C@@H]1CCc2cc3ccc2[C@H]1C[C@@H](S(=O)(=O)O)[C@H]1C=C2C[C@H](C[C@H]4C[C@@H](CO)CC#Cc5cc(O)ccc5[C@@H]2O4)[C@@H]1c1ccc(cc1)[C@@](C[C@H](Cc1ccccc1)[C@@]1(O)C[C@@H](c2ccc([C@@H](O)Cc4cccc5ccccc45)cc2)CC2(CCCC2)C1)(N=C(N)N)O3. The molecule has 16 rings (SSSR count). The van der Waals surface area contributed by atoms with Crippen molar-refractivity contribution >= 4 is 26.9 Å². The predicted molar refractivity (Wildman–Crippen MR) is 360 cm³/mol. The second-order valence-corrected chi connectivity index (χ2v) is 30.4. The Morgan fingerprint density at radius 2 is 1.57 bits per heavy atom. The molecule has 4 aliphatic carbocycles. The Hall–Kier alpha value is -7.28. The third-order valence-corrected chi connectivity index (χ3v) is 24.1. The molecule has 5 aliphatic heterocycles. The van der Waals surface area contributed by atoms with Gasteiger partial charge < -0.3 is 41.4 Å². The van der Waals surface area contributed by atoms with E-state index in [4.69, 9.17) is 25.9 Å². The summed E-state index contributed by atoms with van der Waals surface area (Å²) in [5.41, 5.74) is 20.5. The van der Waals surface area contributed by atoms with Gasteiger partial charge >= 0.3 is 0 Å². The van der Waals surface area contributed by atoms with Crippen LogP contribution in [0.5, 0.6) is 11.5 Å². The van der Waals surface area contributed by atoms with Crippen molar-refractivity contribution in [3.05, 3.63) is 225 Å². The zero-order valence-electron chi connectivity index (χ0n) is 52.6. The minimum absolute atomic E-state index is 0.00429. The average molecular weight is 1250 g/mol. The van der Waals surface area contributed by atoms with Crippen LogP contribution < -0.4 is 16.2 Å². The Labute approximate surface area is 542 Å². The molecule has 1 saturated heterocycles. The van der Waals surface area contributed by atoms with Gasteiger partial charge in [-0.15, -0.1) is 0 Å². The van der Waals surface area contributed by atoms with E-state index < -0.39 is 56.7 Å². The summed E-state index contributed by atoms with van der Waals surface area (Å²) >= 11 is 0. The van der Waals surface area contributed by atoms with Crippen molar-refractivity contribution < 1.29 is 42.9 Å². The van der Waals surface area contributed by atoms with Gasteiger partial charge in [-0.2, -0.15) is 8.42 Å². The molecule has 0 aromatic heterocycles. The van der Waals surface area contributed by atoms with Crippen molar-refractivity contribution in [2.45, 2.75) is 169 Å². The Morgan fingerprint density at radius 3 is 2.34 bits per heavy atom. The highest BCUT2D eigenvalue weighted by Crippen LogP contribution is 2.60. The van der Waals surface area contributed by atoms with Gasteiger partial charge in [0.2, 0.25) is 5.72 Å². The van der Waals surface area contributed by atoms with Crippen LogP contribution in [0.25, 0.3) is 10.8 Å². The Morgan fingerprint density at radius 1 is 0.815 bits per heavy atom. The van der Waals surface area contributed by atoms with Crippen LogP contribution in [0.1, 0.15) is 182 Å². The number of benzene rings is 7. The maximum Gasteiger partial charge on any atom is 0.268 e. The molecule has 92 heavy (non-hydrogen) atoms. The highest BCUT2D eigenvalue weighted by Gasteiger charge is 2.55. The summed E-state index contributed by atoms with van der Waals surface area (Å²) < 4.78 is 55.9. The summed E-state index contributed by atoms with van der Waals surface area (Å²) in [6.07, 6.45) is 11.6. The number of aliphatic imine (C=N–C) groups is 1. The van der Waals surface area contributed by atoms with Crippen molar-refractivity contribution in [3.8, 4) is 23.3 Å². The zero-order chi connectivity index (χ0) is 63.5. The Kier molecular flexibility index (Phi) is 17.0. The lowest BCUT2D eigenvalue weighted by Gasteiger charge is -2.52. The van der Waals surface area contributed by atoms with Crippen LogP contribution in [-0.2, 0) is 39.8 Å². The van der Waals surface area contributed by atoms with E-state index in [-0.39, 0.29) is 72.3 Å². The van der Waals surface area contributed by atoms with E-state index >= 15 is 0 Å². The second kappa shape index (κ2) is 25.2. The molecule has 0 radical (unpaired) electrons. The fraction of sp³-hybridized carbons (Fsp3) is 0.430. The second-order valence-electron chi connectivity index (χ2n) is 28.8. The van der Waals surface area contributed by atoms with Gasteiger partial charge in [0.1, 0.15) is 17.6 Å². The van der Waals surface area contributed by atoms with E-state index in [0.29, 0.717) is 68.2 Å². The quantitative estimate of drug-likeness (QED) is 0.0201. The molecule has 7 aromatic carbocycles. The smallest absolute Gasteiger partial charge is 0.268 e. The third-order valence-electron chi connectivity index (χ3n) is 22.9.